The lowest BCUT2D eigenvalue weighted by molar-refractivity contribution is 0.0926. The standard InChI is InChI=1S/C26H30N4O3/c1-16(2)19-5-3-6-20-24(19)28-12-21(25(20)32)26(33)27-9-10-29-13-17-11-18(15-29)22-7-4-8-23(31)30(22)14-17/h3-8,12,16-18H,9-11,13-15H2,1-2H3,(H,27,33)(H,28,32)/t17-,18+/m1/s1. The molecule has 1 aromatic carbocycles. The molecule has 0 saturated carbocycles. The van der Waals surface area contributed by atoms with Crippen LogP contribution < -0.4 is 16.3 Å². The third kappa shape index (κ3) is 4.02. The number of benzene rings is 1. The molecule has 172 valence electrons. The number of para-hydroxylation sites is 1. The average Bonchev–Trinajstić information content (AvgIpc) is 2.79. The summed E-state index contributed by atoms with van der Waals surface area (Å²) in [6.07, 6.45) is 2.64. The van der Waals surface area contributed by atoms with Crippen molar-refractivity contribution in [2.75, 3.05) is 26.2 Å². The van der Waals surface area contributed by atoms with Gasteiger partial charge in [-0.2, -0.15) is 0 Å². The second-order valence-electron chi connectivity index (χ2n) is 9.67. The van der Waals surface area contributed by atoms with Crippen LogP contribution in [0.2, 0.25) is 0 Å². The zero-order valence-corrected chi connectivity index (χ0v) is 19.1. The van der Waals surface area contributed by atoms with E-state index in [9.17, 15) is 14.4 Å². The first kappa shape index (κ1) is 21.6. The zero-order valence-electron chi connectivity index (χ0n) is 19.1. The van der Waals surface area contributed by atoms with Gasteiger partial charge in [-0.25, -0.2) is 0 Å². The maximum atomic E-state index is 13.0. The summed E-state index contributed by atoms with van der Waals surface area (Å²) in [5.41, 5.74) is 2.98. The maximum Gasteiger partial charge on any atom is 0.256 e. The van der Waals surface area contributed by atoms with Crippen molar-refractivity contribution >= 4 is 16.8 Å². The van der Waals surface area contributed by atoms with Gasteiger partial charge in [0.2, 0.25) is 5.43 Å². The molecule has 2 N–H and O–H groups in total. The lowest BCUT2D eigenvalue weighted by Crippen LogP contribution is -2.48. The predicted molar refractivity (Wildman–Crippen MR) is 129 cm³/mol. The number of rotatable bonds is 5. The fraction of sp³-hybridized carbons (Fsp3) is 0.423. The molecule has 3 aromatic rings. The van der Waals surface area contributed by atoms with Crippen LogP contribution in [-0.2, 0) is 6.54 Å². The minimum atomic E-state index is -0.345. The van der Waals surface area contributed by atoms with Crippen molar-refractivity contribution in [2.24, 2.45) is 5.92 Å². The van der Waals surface area contributed by atoms with Gasteiger partial charge < -0.3 is 19.8 Å². The van der Waals surface area contributed by atoms with E-state index in [1.165, 1.54) is 6.20 Å². The highest BCUT2D eigenvalue weighted by Gasteiger charge is 2.34. The van der Waals surface area contributed by atoms with Crippen LogP contribution >= 0.6 is 0 Å². The zero-order chi connectivity index (χ0) is 23.1. The average molecular weight is 447 g/mol. The van der Waals surface area contributed by atoms with Gasteiger partial charge in [0.1, 0.15) is 5.56 Å². The van der Waals surface area contributed by atoms with Crippen LogP contribution in [-0.4, -0.2) is 46.5 Å². The lowest BCUT2D eigenvalue weighted by Gasteiger charge is -2.42. The second-order valence-corrected chi connectivity index (χ2v) is 9.67. The molecule has 2 aliphatic rings. The molecule has 2 bridgehead atoms. The molecule has 7 nitrogen and oxygen atoms in total. The number of aromatic amines is 1. The van der Waals surface area contributed by atoms with Gasteiger partial charge in [0.15, 0.2) is 0 Å². The summed E-state index contributed by atoms with van der Waals surface area (Å²) in [5, 5.41) is 3.48. The van der Waals surface area contributed by atoms with E-state index >= 15 is 0 Å². The Morgan fingerprint density at radius 1 is 1.12 bits per heavy atom. The summed E-state index contributed by atoms with van der Waals surface area (Å²) in [4.78, 5) is 43.5. The number of carbonyl (C=O) groups excluding carboxylic acids is 1. The van der Waals surface area contributed by atoms with Crippen LogP contribution in [0.5, 0.6) is 0 Å². The number of nitrogens with one attached hydrogen (secondary N) is 2. The SMILES string of the molecule is CC(C)c1cccc2c(=O)c(C(=O)NCCN3C[C@H]4C[C@@H](C3)c3cccc(=O)n3C4)c[nH]c12. The Balaban J connectivity index is 1.25. The molecular formula is C26H30N4O3. The first-order valence-corrected chi connectivity index (χ1v) is 11.8. The Bertz CT molecular complexity index is 1320. The van der Waals surface area contributed by atoms with Gasteiger partial charge in [-0.1, -0.05) is 32.0 Å². The quantitative estimate of drug-likeness (QED) is 0.631. The minimum Gasteiger partial charge on any atom is -0.360 e. The van der Waals surface area contributed by atoms with Gasteiger partial charge in [-0.15, -0.1) is 0 Å². The molecule has 1 fully saturated rings. The van der Waals surface area contributed by atoms with Crippen LogP contribution in [0.4, 0.5) is 0 Å². The van der Waals surface area contributed by atoms with E-state index in [-0.39, 0.29) is 28.4 Å². The van der Waals surface area contributed by atoms with Crippen molar-refractivity contribution < 1.29 is 4.79 Å². The molecule has 2 aliphatic heterocycles. The van der Waals surface area contributed by atoms with Crippen LogP contribution in [0, 0.1) is 5.92 Å². The van der Waals surface area contributed by atoms with Crippen molar-refractivity contribution in [1.29, 1.82) is 0 Å². The number of hydrogen-bond donors (Lipinski definition) is 2. The van der Waals surface area contributed by atoms with Gasteiger partial charge in [0, 0.05) is 62.0 Å². The van der Waals surface area contributed by atoms with E-state index in [1.54, 1.807) is 12.1 Å². The topological polar surface area (TPSA) is 87.2 Å². The Labute approximate surface area is 192 Å². The Kier molecular flexibility index (Phi) is 5.66. The lowest BCUT2D eigenvalue weighted by atomic mass is 9.83. The number of H-pyrrole nitrogens is 1. The van der Waals surface area contributed by atoms with Crippen molar-refractivity contribution in [3.05, 3.63) is 80.0 Å². The summed E-state index contributed by atoms with van der Waals surface area (Å²) in [6, 6.07) is 11.2. The molecule has 1 amide bonds. The van der Waals surface area contributed by atoms with Crippen molar-refractivity contribution in [1.82, 2.24) is 19.8 Å². The Morgan fingerprint density at radius 2 is 1.94 bits per heavy atom. The highest BCUT2D eigenvalue weighted by Crippen LogP contribution is 2.34. The summed E-state index contributed by atoms with van der Waals surface area (Å²) >= 11 is 0. The van der Waals surface area contributed by atoms with Crippen molar-refractivity contribution in [3.8, 4) is 0 Å². The maximum absolute atomic E-state index is 13.0. The van der Waals surface area contributed by atoms with Crippen LogP contribution in [0.3, 0.4) is 0 Å². The first-order valence-electron chi connectivity index (χ1n) is 11.8. The van der Waals surface area contributed by atoms with E-state index in [0.717, 1.165) is 49.4 Å². The van der Waals surface area contributed by atoms with Gasteiger partial charge in [0.05, 0.1) is 5.52 Å². The highest BCUT2D eigenvalue weighted by molar-refractivity contribution is 5.97. The normalized spacial score (nSPS) is 20.1. The molecule has 33 heavy (non-hydrogen) atoms. The highest BCUT2D eigenvalue weighted by atomic mass is 16.2. The predicted octanol–water partition coefficient (Wildman–Crippen LogP) is 2.66. The molecule has 0 spiro atoms. The number of pyridine rings is 2. The molecular weight excluding hydrogens is 416 g/mol. The molecule has 2 atom stereocenters. The fourth-order valence-electron chi connectivity index (χ4n) is 5.53. The van der Waals surface area contributed by atoms with Crippen LogP contribution in [0.15, 0.2) is 52.2 Å². The molecule has 0 aliphatic carbocycles. The molecule has 0 unspecified atom stereocenters. The van der Waals surface area contributed by atoms with E-state index in [4.69, 9.17) is 0 Å². The number of aromatic nitrogens is 2. The Hall–Kier alpha value is -3.19. The second kappa shape index (κ2) is 8.63. The molecule has 0 radical (unpaired) electrons. The number of likely N-dealkylation sites (tertiary alicyclic amines) is 1. The molecule has 4 heterocycles. The summed E-state index contributed by atoms with van der Waals surface area (Å²) in [6.45, 7) is 7.92. The number of amides is 1. The van der Waals surface area contributed by atoms with E-state index in [0.29, 0.717) is 23.8 Å². The smallest absolute Gasteiger partial charge is 0.256 e. The van der Waals surface area contributed by atoms with E-state index < -0.39 is 0 Å². The number of carbonyl (C=O) groups is 1. The van der Waals surface area contributed by atoms with Gasteiger partial charge in [-0.3, -0.25) is 14.4 Å². The van der Waals surface area contributed by atoms with Crippen LogP contribution in [0.25, 0.3) is 10.9 Å². The molecule has 5 rings (SSSR count). The third-order valence-corrected chi connectivity index (χ3v) is 7.08. The molecule has 2 aromatic heterocycles. The van der Waals surface area contributed by atoms with Gasteiger partial charge in [0.25, 0.3) is 11.5 Å². The van der Waals surface area contributed by atoms with Gasteiger partial charge in [-0.05, 0) is 36.0 Å². The number of nitrogens with zero attached hydrogens (tertiary/aromatic N) is 2. The number of piperidine rings is 1. The third-order valence-electron chi connectivity index (χ3n) is 7.08. The largest absolute Gasteiger partial charge is 0.360 e. The monoisotopic (exact) mass is 446 g/mol. The summed E-state index contributed by atoms with van der Waals surface area (Å²) in [5.74, 6) is 0.729. The summed E-state index contributed by atoms with van der Waals surface area (Å²) in [7, 11) is 0. The van der Waals surface area contributed by atoms with Crippen molar-refractivity contribution in [3.63, 3.8) is 0 Å². The van der Waals surface area contributed by atoms with Crippen molar-refractivity contribution in [2.45, 2.75) is 38.6 Å². The van der Waals surface area contributed by atoms with E-state index in [2.05, 4.69) is 35.1 Å². The minimum absolute atomic E-state index is 0.0871. The van der Waals surface area contributed by atoms with Crippen LogP contribution in [0.1, 0.15) is 53.7 Å². The van der Waals surface area contributed by atoms with Gasteiger partial charge >= 0.3 is 0 Å². The summed E-state index contributed by atoms with van der Waals surface area (Å²) < 4.78 is 1.93. The first-order chi connectivity index (χ1) is 15.9. The number of hydrogen-bond acceptors (Lipinski definition) is 4. The van der Waals surface area contributed by atoms with E-state index in [1.807, 2.05) is 22.8 Å². The molecule has 1 saturated heterocycles. The number of fused-ring (bicyclic) bond motifs is 5. The molecule has 7 heteroatoms. The fourth-order valence-corrected chi connectivity index (χ4v) is 5.53. The Morgan fingerprint density at radius 3 is 2.76 bits per heavy atom.